The zero-order valence-electron chi connectivity index (χ0n) is 17.6. The Morgan fingerprint density at radius 3 is 2.48 bits per heavy atom. The summed E-state index contributed by atoms with van der Waals surface area (Å²) in [5.74, 6) is -1.34. The molecule has 2 N–H and O–H groups in total. The summed E-state index contributed by atoms with van der Waals surface area (Å²) in [6, 6.07) is 20.4. The number of fused-ring (bicyclic) bond motifs is 1. The normalized spacial score (nSPS) is 17.6. The predicted molar refractivity (Wildman–Crippen MR) is 128 cm³/mol. The molecule has 0 aliphatic carbocycles. The zero-order chi connectivity index (χ0) is 23.1. The number of benzene rings is 3. The van der Waals surface area contributed by atoms with Crippen molar-refractivity contribution in [2.45, 2.75) is 6.04 Å². The Bertz CT molecular complexity index is 1420. The highest BCUT2D eigenvalue weighted by Gasteiger charge is 2.47. The second kappa shape index (κ2) is 8.15. The molecule has 0 radical (unpaired) electrons. The Kier molecular flexibility index (Phi) is 5.15. The lowest BCUT2D eigenvalue weighted by molar-refractivity contribution is -0.132. The Balaban J connectivity index is 1.77. The van der Waals surface area contributed by atoms with Gasteiger partial charge < -0.3 is 14.8 Å². The molecule has 33 heavy (non-hydrogen) atoms. The van der Waals surface area contributed by atoms with E-state index in [-0.39, 0.29) is 16.4 Å². The molecular formula is C26H19ClN2O4. The SMILES string of the molecule is COc1ccc(/C(O)=C2\C(=O)C(=O)N(c3ccccc3)C2c2c[nH]c3ccccc23)cc1Cl. The Hall–Kier alpha value is -4.03. The minimum absolute atomic E-state index is 0.00478. The maximum atomic E-state index is 13.3. The lowest BCUT2D eigenvalue weighted by Crippen LogP contribution is -2.29. The summed E-state index contributed by atoms with van der Waals surface area (Å²) in [6.45, 7) is 0. The van der Waals surface area contributed by atoms with Gasteiger partial charge in [-0.15, -0.1) is 0 Å². The minimum atomic E-state index is -0.829. The summed E-state index contributed by atoms with van der Waals surface area (Å²) >= 11 is 6.26. The number of rotatable bonds is 4. The number of aromatic nitrogens is 1. The van der Waals surface area contributed by atoms with Gasteiger partial charge in [0.15, 0.2) is 0 Å². The molecule has 164 valence electrons. The third-order valence-corrected chi connectivity index (χ3v) is 6.12. The van der Waals surface area contributed by atoms with E-state index in [0.29, 0.717) is 22.6 Å². The van der Waals surface area contributed by atoms with E-state index >= 15 is 0 Å². The van der Waals surface area contributed by atoms with Crippen LogP contribution in [-0.4, -0.2) is 28.9 Å². The first-order valence-corrected chi connectivity index (χ1v) is 10.6. The smallest absolute Gasteiger partial charge is 0.300 e. The van der Waals surface area contributed by atoms with E-state index in [2.05, 4.69) is 4.98 Å². The number of carbonyl (C=O) groups excluding carboxylic acids is 2. The molecule has 0 spiro atoms. The highest BCUT2D eigenvalue weighted by atomic mass is 35.5. The van der Waals surface area contributed by atoms with E-state index in [4.69, 9.17) is 16.3 Å². The Morgan fingerprint density at radius 2 is 1.76 bits per heavy atom. The van der Waals surface area contributed by atoms with Crippen LogP contribution in [0.25, 0.3) is 16.7 Å². The number of para-hydroxylation sites is 2. The molecule has 5 rings (SSSR count). The molecule has 1 amide bonds. The van der Waals surface area contributed by atoms with Crippen LogP contribution < -0.4 is 9.64 Å². The topological polar surface area (TPSA) is 82.6 Å². The zero-order valence-corrected chi connectivity index (χ0v) is 18.3. The number of H-pyrrole nitrogens is 1. The monoisotopic (exact) mass is 458 g/mol. The van der Waals surface area contributed by atoms with Crippen LogP contribution >= 0.6 is 11.6 Å². The van der Waals surface area contributed by atoms with Crippen molar-refractivity contribution in [1.29, 1.82) is 0 Å². The predicted octanol–water partition coefficient (Wildman–Crippen LogP) is 5.46. The molecule has 3 aromatic carbocycles. The van der Waals surface area contributed by atoms with Crippen LogP contribution in [-0.2, 0) is 9.59 Å². The molecule has 4 aromatic rings. The van der Waals surface area contributed by atoms with Gasteiger partial charge in [-0.3, -0.25) is 14.5 Å². The maximum absolute atomic E-state index is 13.3. The summed E-state index contributed by atoms with van der Waals surface area (Å²) < 4.78 is 5.18. The number of Topliss-reactive ketones (excluding diaryl/α,β-unsaturated/α-hetero) is 1. The van der Waals surface area contributed by atoms with E-state index in [0.717, 1.165) is 10.9 Å². The number of anilines is 1. The fraction of sp³-hybridized carbons (Fsp3) is 0.0769. The molecule has 0 saturated carbocycles. The van der Waals surface area contributed by atoms with E-state index in [9.17, 15) is 14.7 Å². The Labute approximate surface area is 194 Å². The Morgan fingerprint density at radius 1 is 1.03 bits per heavy atom. The van der Waals surface area contributed by atoms with Crippen LogP contribution in [0.3, 0.4) is 0 Å². The first-order valence-electron chi connectivity index (χ1n) is 10.3. The lowest BCUT2D eigenvalue weighted by atomic mass is 9.94. The fourth-order valence-corrected chi connectivity index (χ4v) is 4.53. The van der Waals surface area contributed by atoms with Crippen molar-refractivity contribution >= 4 is 45.6 Å². The quantitative estimate of drug-likeness (QED) is 0.242. The van der Waals surface area contributed by atoms with Crippen LogP contribution in [0.5, 0.6) is 5.75 Å². The van der Waals surface area contributed by atoms with Gasteiger partial charge in [-0.25, -0.2) is 0 Å². The lowest BCUT2D eigenvalue weighted by Gasteiger charge is -2.25. The van der Waals surface area contributed by atoms with Gasteiger partial charge >= 0.3 is 0 Å². The number of aliphatic hydroxyl groups excluding tert-OH is 1. The van der Waals surface area contributed by atoms with Crippen molar-refractivity contribution in [3.63, 3.8) is 0 Å². The minimum Gasteiger partial charge on any atom is -0.507 e. The average molecular weight is 459 g/mol. The molecule has 2 heterocycles. The van der Waals surface area contributed by atoms with Crippen molar-refractivity contribution in [3.05, 3.63) is 101 Å². The highest BCUT2D eigenvalue weighted by molar-refractivity contribution is 6.52. The first kappa shape index (κ1) is 20.8. The number of carbonyl (C=O) groups is 2. The summed E-state index contributed by atoms with van der Waals surface area (Å²) in [5, 5.41) is 12.4. The molecule has 6 nitrogen and oxygen atoms in total. The molecule has 1 unspecified atom stereocenters. The number of hydrogen-bond acceptors (Lipinski definition) is 4. The van der Waals surface area contributed by atoms with E-state index in [1.54, 1.807) is 42.6 Å². The van der Waals surface area contributed by atoms with Gasteiger partial charge in [0.1, 0.15) is 11.5 Å². The van der Waals surface area contributed by atoms with Crippen molar-refractivity contribution < 1.29 is 19.4 Å². The van der Waals surface area contributed by atoms with Gasteiger partial charge in [-0.05, 0) is 36.4 Å². The molecule has 1 saturated heterocycles. The van der Waals surface area contributed by atoms with Gasteiger partial charge in [0.25, 0.3) is 11.7 Å². The van der Waals surface area contributed by atoms with Gasteiger partial charge in [-0.1, -0.05) is 48.0 Å². The molecule has 1 fully saturated rings. The van der Waals surface area contributed by atoms with Crippen LogP contribution in [0.15, 0.2) is 84.6 Å². The molecule has 7 heteroatoms. The number of ether oxygens (including phenoxy) is 1. The largest absolute Gasteiger partial charge is 0.507 e. The number of nitrogens with zero attached hydrogens (tertiary/aromatic N) is 1. The molecule has 1 atom stereocenters. The van der Waals surface area contributed by atoms with Gasteiger partial charge in [0.05, 0.1) is 23.7 Å². The molecular weight excluding hydrogens is 440 g/mol. The average Bonchev–Trinajstić information content (AvgIpc) is 3.37. The van der Waals surface area contributed by atoms with E-state index in [1.807, 2.05) is 30.3 Å². The summed E-state index contributed by atoms with van der Waals surface area (Å²) in [4.78, 5) is 31.1. The summed E-state index contributed by atoms with van der Waals surface area (Å²) in [6.07, 6.45) is 1.77. The van der Waals surface area contributed by atoms with E-state index in [1.165, 1.54) is 18.1 Å². The number of aliphatic hydroxyl groups is 1. The van der Waals surface area contributed by atoms with Gasteiger partial charge in [-0.2, -0.15) is 0 Å². The third-order valence-electron chi connectivity index (χ3n) is 5.82. The van der Waals surface area contributed by atoms with E-state index < -0.39 is 17.7 Å². The van der Waals surface area contributed by atoms with Crippen molar-refractivity contribution in [2.75, 3.05) is 12.0 Å². The van der Waals surface area contributed by atoms with Crippen molar-refractivity contribution in [2.24, 2.45) is 0 Å². The first-order chi connectivity index (χ1) is 16.0. The number of halogens is 1. The number of nitrogens with one attached hydrogen (secondary N) is 1. The van der Waals surface area contributed by atoms with Crippen LogP contribution in [0.4, 0.5) is 5.69 Å². The second-order valence-corrected chi connectivity index (χ2v) is 8.05. The van der Waals surface area contributed by atoms with Gasteiger partial charge in [0, 0.05) is 33.9 Å². The molecule has 1 aliphatic heterocycles. The molecule has 0 bridgehead atoms. The standard InChI is InChI=1S/C26H19ClN2O4/c1-33-21-12-11-15(13-19(21)27)24(30)22-23(18-14-28-20-10-6-5-9-17(18)20)29(26(32)25(22)31)16-7-3-2-4-8-16/h2-14,23,28,30H,1H3/b24-22+. The number of ketones is 1. The second-order valence-electron chi connectivity index (χ2n) is 7.64. The van der Waals surface area contributed by atoms with Crippen LogP contribution in [0.2, 0.25) is 5.02 Å². The number of methoxy groups -OCH3 is 1. The van der Waals surface area contributed by atoms with Gasteiger partial charge in [0.2, 0.25) is 0 Å². The fourth-order valence-electron chi connectivity index (χ4n) is 4.27. The highest BCUT2D eigenvalue weighted by Crippen LogP contribution is 2.44. The van der Waals surface area contributed by atoms with Crippen molar-refractivity contribution in [3.8, 4) is 5.75 Å². The number of amides is 1. The molecule has 1 aliphatic rings. The summed E-state index contributed by atoms with van der Waals surface area (Å²) in [7, 11) is 1.49. The van der Waals surface area contributed by atoms with Crippen molar-refractivity contribution in [1.82, 2.24) is 4.98 Å². The molecule has 1 aromatic heterocycles. The summed E-state index contributed by atoms with van der Waals surface area (Å²) in [5.41, 5.74) is 2.43. The van der Waals surface area contributed by atoms with Crippen LogP contribution in [0, 0.1) is 0 Å². The third kappa shape index (κ3) is 3.36. The van der Waals surface area contributed by atoms with Crippen LogP contribution in [0.1, 0.15) is 17.2 Å². The number of aromatic amines is 1. The number of hydrogen-bond donors (Lipinski definition) is 2. The maximum Gasteiger partial charge on any atom is 0.300 e.